The smallest absolute Gasteiger partial charge is 0.461 e. The molecule has 0 amide bonds. The minimum absolute atomic E-state index is 0.0856. The summed E-state index contributed by atoms with van der Waals surface area (Å²) in [4.78, 5) is 25.6. The van der Waals surface area contributed by atoms with Crippen LogP contribution in [0.15, 0.2) is 0 Å². The van der Waals surface area contributed by atoms with E-state index in [1.54, 1.807) is 20.8 Å². The van der Waals surface area contributed by atoms with E-state index in [0.29, 0.717) is 0 Å². The molecule has 0 aliphatic heterocycles. The van der Waals surface area contributed by atoms with E-state index in [1.807, 2.05) is 0 Å². The molecule has 1 N–H and O–H groups in total. The van der Waals surface area contributed by atoms with Gasteiger partial charge in [-0.25, -0.2) is 4.79 Å². The number of halogens is 7. The number of rotatable bonds is 11. The van der Waals surface area contributed by atoms with Gasteiger partial charge in [-0.2, -0.15) is 39.2 Å². The number of carbonyl (C=O) groups excluding carboxylic acids is 2. The largest absolute Gasteiger partial charge is 0.468 e. The third-order valence-electron chi connectivity index (χ3n) is 5.61. The van der Waals surface area contributed by atoms with Crippen molar-refractivity contribution in [3.63, 3.8) is 0 Å². The number of esters is 2. The second-order valence-electron chi connectivity index (χ2n) is 10.8. The third kappa shape index (κ3) is 7.68. The average Bonchev–Trinajstić information content (AvgIpc) is 2.62. The summed E-state index contributed by atoms with van der Waals surface area (Å²) >= 11 is 0. The molecule has 0 saturated heterocycles. The Hall–Kier alpha value is -1.68. The van der Waals surface area contributed by atoms with Gasteiger partial charge < -0.3 is 14.2 Å². The predicted molar refractivity (Wildman–Crippen MR) is 115 cm³/mol. The topological polar surface area (TPSA) is 116 Å². The summed E-state index contributed by atoms with van der Waals surface area (Å²) in [5.41, 5.74) is -3.50. The van der Waals surface area contributed by atoms with E-state index < -0.39 is 81.1 Å². The second-order valence-corrected chi connectivity index (χ2v) is 12.3. The molecule has 0 radical (unpaired) electrons. The zero-order chi connectivity index (χ0) is 30.1. The molecule has 0 bridgehead atoms. The zero-order valence-corrected chi connectivity index (χ0v) is 22.5. The Labute approximate surface area is 210 Å². The molecular formula is C21H33F7O8S. The van der Waals surface area contributed by atoms with Gasteiger partial charge >= 0.3 is 45.2 Å². The quantitative estimate of drug-likeness (QED) is 0.151. The number of alkyl halides is 7. The van der Waals surface area contributed by atoms with Crippen molar-refractivity contribution in [3.8, 4) is 0 Å². The highest BCUT2D eigenvalue weighted by molar-refractivity contribution is 7.87. The standard InChI is InChI=1S/C21H33F7O8S/c1-9-34-14(30)19(20(24,25)26,35-11-10-18(22,23)21(27,28)37(31,32)33)36-13(29)17(8,16(5,6)7)12-15(2,3)4/h9-12H2,1-8H3,(H,31,32,33). The van der Waals surface area contributed by atoms with Gasteiger partial charge in [0.2, 0.25) is 0 Å². The van der Waals surface area contributed by atoms with E-state index in [-0.39, 0.29) is 6.42 Å². The van der Waals surface area contributed by atoms with Crippen molar-refractivity contribution in [1.29, 1.82) is 0 Å². The van der Waals surface area contributed by atoms with Gasteiger partial charge in [-0.1, -0.05) is 41.5 Å². The van der Waals surface area contributed by atoms with Crippen molar-refractivity contribution >= 4 is 22.1 Å². The average molecular weight is 579 g/mol. The van der Waals surface area contributed by atoms with Crippen LogP contribution < -0.4 is 0 Å². The minimum atomic E-state index is -6.69. The Morgan fingerprint density at radius 1 is 0.838 bits per heavy atom. The summed E-state index contributed by atoms with van der Waals surface area (Å²) in [7, 11) is -6.69. The summed E-state index contributed by atoms with van der Waals surface area (Å²) in [5, 5.41) is -6.11. The molecule has 0 spiro atoms. The molecule has 0 aromatic heterocycles. The van der Waals surface area contributed by atoms with E-state index in [4.69, 9.17) is 4.55 Å². The van der Waals surface area contributed by atoms with Gasteiger partial charge in [-0.3, -0.25) is 9.35 Å². The lowest BCUT2D eigenvalue weighted by Crippen LogP contribution is -2.61. The molecule has 8 nitrogen and oxygen atoms in total. The summed E-state index contributed by atoms with van der Waals surface area (Å²) in [6.45, 7) is 9.04. The lowest BCUT2D eigenvalue weighted by Gasteiger charge is -2.45. The molecule has 2 atom stereocenters. The molecule has 0 aromatic carbocycles. The van der Waals surface area contributed by atoms with Gasteiger partial charge in [0.05, 0.1) is 18.6 Å². The van der Waals surface area contributed by atoms with Crippen molar-refractivity contribution in [3.05, 3.63) is 0 Å². The lowest BCUT2D eigenvalue weighted by molar-refractivity contribution is -0.361. The zero-order valence-electron chi connectivity index (χ0n) is 21.7. The Kier molecular flexibility index (Phi) is 10.3. The monoisotopic (exact) mass is 578 g/mol. The maximum Gasteiger partial charge on any atom is 0.468 e. The van der Waals surface area contributed by atoms with E-state index in [2.05, 4.69) is 14.2 Å². The number of hydrogen-bond donors (Lipinski definition) is 1. The fourth-order valence-electron chi connectivity index (χ4n) is 3.22. The van der Waals surface area contributed by atoms with Gasteiger partial charge in [0.15, 0.2) is 0 Å². The molecule has 16 heteroatoms. The van der Waals surface area contributed by atoms with Crippen molar-refractivity contribution in [2.24, 2.45) is 16.2 Å². The fraction of sp³-hybridized carbons (Fsp3) is 0.905. The number of carbonyl (C=O) groups is 2. The molecule has 220 valence electrons. The summed E-state index contributed by atoms with van der Waals surface area (Å²) in [6, 6.07) is 0. The molecule has 0 saturated carbocycles. The summed E-state index contributed by atoms with van der Waals surface area (Å²) in [5.74, 6) is -14.3. The summed E-state index contributed by atoms with van der Waals surface area (Å²) in [6.07, 6.45) is -8.48. The van der Waals surface area contributed by atoms with Gasteiger partial charge in [0.1, 0.15) is 0 Å². The highest BCUT2D eigenvalue weighted by Crippen LogP contribution is 2.49. The Bertz CT molecular complexity index is 936. The molecule has 0 aromatic rings. The van der Waals surface area contributed by atoms with Crippen molar-refractivity contribution in [2.75, 3.05) is 13.2 Å². The van der Waals surface area contributed by atoms with Crippen molar-refractivity contribution < 1.29 is 67.5 Å². The first-order valence-electron chi connectivity index (χ1n) is 10.9. The molecule has 0 aliphatic carbocycles. The normalized spacial score (nSPS) is 17.5. The van der Waals surface area contributed by atoms with E-state index in [1.165, 1.54) is 27.7 Å². The molecule has 0 rings (SSSR count). The third-order valence-corrected chi connectivity index (χ3v) is 6.56. The van der Waals surface area contributed by atoms with Crippen LogP contribution in [0.4, 0.5) is 30.7 Å². The lowest BCUT2D eigenvalue weighted by atomic mass is 9.61. The Morgan fingerprint density at radius 2 is 1.30 bits per heavy atom. The van der Waals surface area contributed by atoms with E-state index in [9.17, 15) is 48.7 Å². The van der Waals surface area contributed by atoms with Crippen LogP contribution in [0.3, 0.4) is 0 Å². The van der Waals surface area contributed by atoms with Crippen LogP contribution >= 0.6 is 0 Å². The van der Waals surface area contributed by atoms with E-state index in [0.717, 1.165) is 6.92 Å². The first-order valence-corrected chi connectivity index (χ1v) is 12.3. The minimum Gasteiger partial charge on any atom is -0.461 e. The van der Waals surface area contributed by atoms with Gasteiger partial charge in [-0.05, 0) is 31.1 Å². The molecule has 0 fully saturated rings. The second kappa shape index (κ2) is 10.8. The predicted octanol–water partition coefficient (Wildman–Crippen LogP) is 5.36. The Balaban J connectivity index is 6.61. The first kappa shape index (κ1) is 35.3. The maximum absolute atomic E-state index is 14.2. The SMILES string of the molecule is CCOC(=O)C(OCCC(F)(F)C(F)(F)S(=O)(=O)O)(OC(=O)C(C)(CC(C)(C)C)C(C)(C)C)C(F)(F)F. The highest BCUT2D eigenvalue weighted by Gasteiger charge is 2.70. The van der Waals surface area contributed by atoms with Crippen LogP contribution in [0.25, 0.3) is 0 Å². The van der Waals surface area contributed by atoms with Crippen LogP contribution in [0.2, 0.25) is 0 Å². The van der Waals surface area contributed by atoms with Crippen LogP contribution in [-0.2, 0) is 33.9 Å². The number of hydrogen-bond acceptors (Lipinski definition) is 7. The van der Waals surface area contributed by atoms with Gasteiger partial charge in [0.25, 0.3) is 0 Å². The van der Waals surface area contributed by atoms with Gasteiger partial charge in [0, 0.05) is 6.42 Å². The fourth-order valence-corrected chi connectivity index (χ4v) is 3.70. The molecular weight excluding hydrogens is 545 g/mol. The van der Waals surface area contributed by atoms with E-state index >= 15 is 0 Å². The van der Waals surface area contributed by atoms with Crippen molar-refractivity contribution in [1.82, 2.24) is 0 Å². The molecule has 0 aliphatic rings. The van der Waals surface area contributed by atoms with Crippen LogP contribution in [0, 0.1) is 16.2 Å². The molecule has 2 unspecified atom stereocenters. The maximum atomic E-state index is 14.2. The van der Waals surface area contributed by atoms with Gasteiger partial charge in [-0.15, -0.1) is 0 Å². The van der Waals surface area contributed by atoms with Crippen LogP contribution in [-0.4, -0.2) is 61.3 Å². The highest BCUT2D eigenvalue weighted by atomic mass is 32.2. The summed E-state index contributed by atoms with van der Waals surface area (Å²) < 4.78 is 140. The first-order chi connectivity index (χ1) is 16.0. The van der Waals surface area contributed by atoms with Crippen LogP contribution in [0.1, 0.15) is 68.2 Å². The number of ether oxygens (including phenoxy) is 3. The van der Waals surface area contributed by atoms with Crippen molar-refractivity contribution in [2.45, 2.75) is 91.4 Å². The van der Waals surface area contributed by atoms with Crippen LogP contribution in [0.5, 0.6) is 0 Å². The molecule has 37 heavy (non-hydrogen) atoms. The molecule has 0 heterocycles. The Morgan fingerprint density at radius 3 is 1.62 bits per heavy atom.